The summed E-state index contributed by atoms with van der Waals surface area (Å²) in [7, 11) is 0. The highest BCUT2D eigenvalue weighted by atomic mass is 32.2. The van der Waals surface area contributed by atoms with Crippen molar-refractivity contribution < 1.29 is 0 Å². The van der Waals surface area contributed by atoms with E-state index in [0.717, 1.165) is 13.0 Å². The molecule has 16 heavy (non-hydrogen) atoms. The smallest absolute Gasteiger partial charge is 0.00807 e. The minimum absolute atomic E-state index is 0.184. The Morgan fingerprint density at radius 2 is 1.88 bits per heavy atom. The van der Waals surface area contributed by atoms with Crippen LogP contribution in [0.3, 0.4) is 0 Å². The Kier molecular flexibility index (Phi) is 5.93. The van der Waals surface area contributed by atoms with Gasteiger partial charge in [0.1, 0.15) is 0 Å². The minimum atomic E-state index is 0.184. The van der Waals surface area contributed by atoms with Crippen LogP contribution in [0.15, 0.2) is 30.3 Å². The third-order valence-corrected chi connectivity index (χ3v) is 4.28. The van der Waals surface area contributed by atoms with Gasteiger partial charge in [0.15, 0.2) is 0 Å². The van der Waals surface area contributed by atoms with Crippen molar-refractivity contribution >= 4 is 11.8 Å². The normalized spacial score (nSPS) is 14.7. The van der Waals surface area contributed by atoms with E-state index in [2.05, 4.69) is 44.2 Å². The molecule has 0 saturated heterocycles. The molecule has 1 nitrogen and oxygen atoms in total. The molecule has 1 unspecified atom stereocenters. The van der Waals surface area contributed by atoms with Gasteiger partial charge in [0.2, 0.25) is 0 Å². The minimum Gasteiger partial charge on any atom is -0.330 e. The van der Waals surface area contributed by atoms with Crippen LogP contribution < -0.4 is 5.73 Å². The summed E-state index contributed by atoms with van der Waals surface area (Å²) in [5.74, 6) is 2.40. The highest BCUT2D eigenvalue weighted by Gasteiger charge is 2.27. The molecule has 0 fully saturated rings. The molecule has 0 aliphatic rings. The highest BCUT2D eigenvalue weighted by Crippen LogP contribution is 2.31. The first-order valence-electron chi connectivity index (χ1n) is 6.12. The molecule has 2 N–H and O–H groups in total. The van der Waals surface area contributed by atoms with Gasteiger partial charge in [0, 0.05) is 12.0 Å². The summed E-state index contributed by atoms with van der Waals surface area (Å²) in [6.45, 7) is 5.21. The molecule has 0 aliphatic carbocycles. The first-order chi connectivity index (χ1) is 7.79. The molecule has 1 rings (SSSR count). The van der Waals surface area contributed by atoms with Gasteiger partial charge in [-0.05, 0) is 29.9 Å². The van der Waals surface area contributed by atoms with Crippen molar-refractivity contribution in [3.05, 3.63) is 35.9 Å². The van der Waals surface area contributed by atoms with E-state index in [1.54, 1.807) is 0 Å². The molecule has 1 aromatic carbocycles. The second-order valence-electron chi connectivity index (χ2n) is 4.15. The third kappa shape index (κ3) is 3.26. The Morgan fingerprint density at radius 1 is 1.19 bits per heavy atom. The van der Waals surface area contributed by atoms with Gasteiger partial charge in [0.05, 0.1) is 0 Å². The van der Waals surface area contributed by atoms with E-state index in [0.29, 0.717) is 0 Å². The summed E-state index contributed by atoms with van der Waals surface area (Å²) in [4.78, 5) is 0. The van der Waals surface area contributed by atoms with E-state index in [1.807, 2.05) is 11.8 Å². The summed E-state index contributed by atoms with van der Waals surface area (Å²) in [5.41, 5.74) is 7.61. The Hall–Kier alpha value is -0.470. The summed E-state index contributed by atoms with van der Waals surface area (Å²) in [6, 6.07) is 10.7. The second kappa shape index (κ2) is 6.97. The average Bonchev–Trinajstić information content (AvgIpc) is 2.36. The zero-order valence-corrected chi connectivity index (χ0v) is 11.2. The van der Waals surface area contributed by atoms with Crippen molar-refractivity contribution in [2.45, 2.75) is 32.1 Å². The molecular weight excluding hydrogens is 214 g/mol. The van der Waals surface area contributed by atoms with Crippen LogP contribution >= 0.6 is 11.8 Å². The first-order valence-corrected chi connectivity index (χ1v) is 7.28. The molecule has 1 atom stereocenters. The van der Waals surface area contributed by atoms with Crippen molar-refractivity contribution in [3.8, 4) is 0 Å². The maximum atomic E-state index is 6.02. The molecule has 0 radical (unpaired) electrons. The van der Waals surface area contributed by atoms with Crippen molar-refractivity contribution in [1.29, 1.82) is 0 Å². The molecule has 90 valence electrons. The van der Waals surface area contributed by atoms with Crippen LogP contribution in [0.5, 0.6) is 0 Å². The van der Waals surface area contributed by atoms with E-state index in [9.17, 15) is 0 Å². The van der Waals surface area contributed by atoms with Gasteiger partial charge >= 0.3 is 0 Å². The second-order valence-corrected chi connectivity index (χ2v) is 5.54. The molecule has 1 aromatic rings. The van der Waals surface area contributed by atoms with Crippen molar-refractivity contribution in [2.24, 2.45) is 5.73 Å². The van der Waals surface area contributed by atoms with Gasteiger partial charge in [-0.3, -0.25) is 0 Å². The van der Waals surface area contributed by atoms with Gasteiger partial charge in [-0.1, -0.05) is 44.2 Å². The summed E-state index contributed by atoms with van der Waals surface area (Å²) >= 11 is 2.00. The summed E-state index contributed by atoms with van der Waals surface area (Å²) in [5, 5.41) is 0. The molecule has 0 aromatic heterocycles. The predicted octanol–water partition coefficient (Wildman–Crippen LogP) is 3.44. The van der Waals surface area contributed by atoms with Crippen LogP contribution in [-0.4, -0.2) is 18.1 Å². The van der Waals surface area contributed by atoms with Crippen LogP contribution in [0.2, 0.25) is 0 Å². The molecule has 0 saturated carbocycles. The monoisotopic (exact) mass is 237 g/mol. The van der Waals surface area contributed by atoms with E-state index in [-0.39, 0.29) is 5.41 Å². The van der Waals surface area contributed by atoms with Crippen LogP contribution in [0.4, 0.5) is 0 Å². The fraction of sp³-hybridized carbons (Fsp3) is 0.571. The van der Waals surface area contributed by atoms with Crippen molar-refractivity contribution in [1.82, 2.24) is 0 Å². The van der Waals surface area contributed by atoms with E-state index in [4.69, 9.17) is 5.73 Å². The van der Waals surface area contributed by atoms with E-state index < -0.39 is 0 Å². The van der Waals surface area contributed by atoms with Crippen LogP contribution in [0, 0.1) is 0 Å². The zero-order valence-electron chi connectivity index (χ0n) is 10.4. The predicted molar refractivity (Wildman–Crippen MR) is 75.1 cm³/mol. The van der Waals surface area contributed by atoms with Gasteiger partial charge in [0.25, 0.3) is 0 Å². The van der Waals surface area contributed by atoms with Crippen molar-refractivity contribution in [2.75, 3.05) is 18.1 Å². The third-order valence-electron chi connectivity index (χ3n) is 3.38. The number of nitrogens with two attached hydrogens (primary N) is 1. The van der Waals surface area contributed by atoms with E-state index in [1.165, 1.54) is 23.5 Å². The van der Waals surface area contributed by atoms with Crippen LogP contribution in [-0.2, 0) is 5.41 Å². The molecule has 2 heteroatoms. The highest BCUT2D eigenvalue weighted by molar-refractivity contribution is 7.99. The maximum Gasteiger partial charge on any atom is 0.00807 e. The topological polar surface area (TPSA) is 26.0 Å². The molecule has 0 spiro atoms. The first kappa shape index (κ1) is 13.6. The molecular formula is C14H23NS. The van der Waals surface area contributed by atoms with Gasteiger partial charge in [-0.15, -0.1) is 0 Å². The fourth-order valence-corrected chi connectivity index (χ4v) is 2.92. The summed E-state index contributed by atoms with van der Waals surface area (Å²) < 4.78 is 0. The lowest BCUT2D eigenvalue weighted by atomic mass is 9.76. The quantitative estimate of drug-likeness (QED) is 0.735. The van der Waals surface area contributed by atoms with Gasteiger partial charge in [-0.25, -0.2) is 0 Å². The lowest BCUT2D eigenvalue weighted by Crippen LogP contribution is -2.35. The largest absolute Gasteiger partial charge is 0.330 e. The van der Waals surface area contributed by atoms with Crippen molar-refractivity contribution in [3.63, 3.8) is 0 Å². The number of rotatable bonds is 7. The molecule has 0 bridgehead atoms. The Balaban J connectivity index is 2.79. The Morgan fingerprint density at radius 3 is 2.38 bits per heavy atom. The van der Waals surface area contributed by atoms with E-state index >= 15 is 0 Å². The van der Waals surface area contributed by atoms with Gasteiger partial charge in [-0.2, -0.15) is 11.8 Å². The standard InChI is InChI=1S/C14H23NS/c1-3-14(12-15,10-11-16-4-2)13-8-6-5-7-9-13/h5-9H,3-4,10-12,15H2,1-2H3. The Labute approximate surface area is 104 Å². The van der Waals surface area contributed by atoms with Gasteiger partial charge < -0.3 is 5.73 Å². The lowest BCUT2D eigenvalue weighted by molar-refractivity contribution is 0.410. The number of thioether (sulfide) groups is 1. The number of benzene rings is 1. The molecule has 0 amide bonds. The average molecular weight is 237 g/mol. The SMILES string of the molecule is CCSCCC(CC)(CN)c1ccccc1. The maximum absolute atomic E-state index is 6.02. The molecule has 0 aliphatic heterocycles. The lowest BCUT2D eigenvalue weighted by Gasteiger charge is -2.32. The van der Waals surface area contributed by atoms with Crippen LogP contribution in [0.25, 0.3) is 0 Å². The number of hydrogen-bond donors (Lipinski definition) is 1. The molecule has 0 heterocycles. The fourth-order valence-electron chi connectivity index (χ4n) is 2.09. The van der Waals surface area contributed by atoms with Crippen LogP contribution in [0.1, 0.15) is 32.3 Å². The zero-order chi connectivity index (χ0) is 11.9. The Bertz CT molecular complexity index is 280. The number of hydrogen-bond acceptors (Lipinski definition) is 2. The summed E-state index contributed by atoms with van der Waals surface area (Å²) in [6.07, 6.45) is 2.31.